The van der Waals surface area contributed by atoms with Crippen molar-refractivity contribution in [2.75, 3.05) is 5.73 Å². The Balaban J connectivity index is 1.88. The summed E-state index contributed by atoms with van der Waals surface area (Å²) in [6.07, 6.45) is 4.30. The van der Waals surface area contributed by atoms with E-state index in [1.165, 1.54) is 11.1 Å². The second-order valence-corrected chi connectivity index (χ2v) is 5.66. The number of anilines is 1. The maximum absolute atomic E-state index is 5.78. The first-order valence-corrected chi connectivity index (χ1v) is 6.87. The summed E-state index contributed by atoms with van der Waals surface area (Å²) in [5.41, 5.74) is 10.00. The number of pyridine rings is 1. The largest absolute Gasteiger partial charge is 0.399 e. The molecule has 1 fully saturated rings. The number of nitrogens with two attached hydrogens (primary N) is 1. The van der Waals surface area contributed by atoms with Gasteiger partial charge < -0.3 is 5.73 Å². The lowest BCUT2D eigenvalue weighted by Crippen LogP contribution is -2.13. The maximum atomic E-state index is 5.78. The molecule has 1 aliphatic carbocycles. The highest BCUT2D eigenvalue weighted by molar-refractivity contribution is 5.49. The molecule has 1 aromatic carbocycles. The van der Waals surface area contributed by atoms with Gasteiger partial charge in [-0.3, -0.25) is 4.40 Å². The quantitative estimate of drug-likeness (QED) is 0.724. The molecule has 0 spiro atoms. The van der Waals surface area contributed by atoms with Crippen LogP contribution in [0.4, 0.5) is 5.69 Å². The Labute approximate surface area is 117 Å². The highest BCUT2D eigenvalue weighted by Crippen LogP contribution is 2.52. The molecule has 100 valence electrons. The van der Waals surface area contributed by atoms with Gasteiger partial charge in [0, 0.05) is 11.9 Å². The van der Waals surface area contributed by atoms with Gasteiger partial charge in [-0.05, 0) is 55.2 Å². The van der Waals surface area contributed by atoms with Crippen LogP contribution in [-0.2, 0) is 5.41 Å². The molecule has 2 aromatic heterocycles. The molecule has 4 heteroatoms. The zero-order valence-electron chi connectivity index (χ0n) is 11.4. The maximum Gasteiger partial charge on any atom is 0.161 e. The number of aryl methyl sites for hydroxylation is 1. The lowest BCUT2D eigenvalue weighted by atomic mass is 9.95. The van der Waals surface area contributed by atoms with Gasteiger partial charge in [0.05, 0.1) is 5.41 Å². The molecule has 0 atom stereocenters. The molecule has 0 radical (unpaired) electrons. The fourth-order valence-corrected chi connectivity index (χ4v) is 2.89. The molecule has 0 aliphatic heterocycles. The van der Waals surface area contributed by atoms with Crippen LogP contribution in [0.25, 0.3) is 5.65 Å². The number of rotatable bonds is 2. The van der Waals surface area contributed by atoms with Crippen molar-refractivity contribution in [1.29, 1.82) is 0 Å². The summed E-state index contributed by atoms with van der Waals surface area (Å²) in [5.74, 6) is 1.04. The SMILES string of the molecule is Cc1ccn2c(C3(c4ccc(N)cc4)CC3)nnc2c1. The highest BCUT2D eigenvalue weighted by atomic mass is 15.3. The van der Waals surface area contributed by atoms with E-state index in [9.17, 15) is 0 Å². The molecule has 2 N–H and O–H groups in total. The van der Waals surface area contributed by atoms with Gasteiger partial charge in [-0.15, -0.1) is 10.2 Å². The first kappa shape index (κ1) is 11.5. The second-order valence-electron chi connectivity index (χ2n) is 5.66. The summed E-state index contributed by atoms with van der Waals surface area (Å²) < 4.78 is 2.11. The van der Waals surface area contributed by atoms with Crippen molar-refractivity contribution in [2.24, 2.45) is 0 Å². The summed E-state index contributed by atoms with van der Waals surface area (Å²) >= 11 is 0. The Morgan fingerprint density at radius 1 is 1.10 bits per heavy atom. The first-order chi connectivity index (χ1) is 9.69. The Morgan fingerprint density at radius 2 is 1.85 bits per heavy atom. The molecule has 4 nitrogen and oxygen atoms in total. The Bertz CT molecular complexity index is 782. The molecule has 0 bridgehead atoms. The van der Waals surface area contributed by atoms with Gasteiger partial charge in [0.25, 0.3) is 0 Å². The van der Waals surface area contributed by atoms with Gasteiger partial charge >= 0.3 is 0 Å². The molecular formula is C16H16N4. The van der Waals surface area contributed by atoms with Gasteiger partial charge in [-0.1, -0.05) is 12.1 Å². The minimum atomic E-state index is 0.0162. The van der Waals surface area contributed by atoms with Gasteiger partial charge in [0.1, 0.15) is 5.82 Å². The van der Waals surface area contributed by atoms with Crippen molar-refractivity contribution in [3.05, 3.63) is 59.5 Å². The average molecular weight is 264 g/mol. The van der Waals surface area contributed by atoms with E-state index < -0.39 is 0 Å². The summed E-state index contributed by atoms with van der Waals surface area (Å²) in [6, 6.07) is 12.3. The predicted octanol–water partition coefficient (Wildman–Crippen LogP) is 2.70. The highest BCUT2D eigenvalue weighted by Gasteiger charge is 2.49. The molecule has 1 aliphatic rings. The minimum Gasteiger partial charge on any atom is -0.399 e. The van der Waals surface area contributed by atoms with Crippen LogP contribution in [0.2, 0.25) is 0 Å². The number of benzene rings is 1. The number of hydrogen-bond donors (Lipinski definition) is 1. The normalized spacial score (nSPS) is 16.4. The van der Waals surface area contributed by atoms with Crippen LogP contribution < -0.4 is 5.73 Å². The molecule has 1 saturated carbocycles. The zero-order valence-corrected chi connectivity index (χ0v) is 11.4. The third-order valence-electron chi connectivity index (χ3n) is 4.21. The lowest BCUT2D eigenvalue weighted by Gasteiger charge is -2.14. The fraction of sp³-hybridized carbons (Fsp3) is 0.250. The van der Waals surface area contributed by atoms with Crippen LogP contribution in [-0.4, -0.2) is 14.6 Å². The molecule has 3 aromatic rings. The van der Waals surface area contributed by atoms with Crippen LogP contribution in [0, 0.1) is 6.92 Å². The number of nitrogens with zero attached hydrogens (tertiary/aromatic N) is 3. The Morgan fingerprint density at radius 3 is 2.55 bits per heavy atom. The van der Waals surface area contributed by atoms with E-state index in [4.69, 9.17) is 5.73 Å². The van der Waals surface area contributed by atoms with Crippen LogP contribution in [0.3, 0.4) is 0 Å². The van der Waals surface area contributed by atoms with E-state index in [-0.39, 0.29) is 5.41 Å². The van der Waals surface area contributed by atoms with Crippen molar-refractivity contribution in [1.82, 2.24) is 14.6 Å². The minimum absolute atomic E-state index is 0.0162. The van der Waals surface area contributed by atoms with Crippen LogP contribution in [0.5, 0.6) is 0 Å². The Kier molecular flexibility index (Phi) is 2.19. The Hall–Kier alpha value is -2.36. The molecule has 0 saturated heterocycles. The molecular weight excluding hydrogens is 248 g/mol. The monoisotopic (exact) mass is 264 g/mol. The third kappa shape index (κ3) is 1.54. The van der Waals surface area contributed by atoms with Gasteiger partial charge in [0.2, 0.25) is 0 Å². The summed E-state index contributed by atoms with van der Waals surface area (Å²) in [6.45, 7) is 2.07. The molecule has 20 heavy (non-hydrogen) atoms. The van der Waals surface area contributed by atoms with Gasteiger partial charge in [0.15, 0.2) is 5.65 Å². The number of fused-ring (bicyclic) bond motifs is 1. The fourth-order valence-electron chi connectivity index (χ4n) is 2.89. The summed E-state index contributed by atoms with van der Waals surface area (Å²) in [5, 5.41) is 8.77. The van der Waals surface area contributed by atoms with E-state index >= 15 is 0 Å². The predicted molar refractivity (Wildman–Crippen MR) is 78.6 cm³/mol. The van der Waals surface area contributed by atoms with E-state index in [2.05, 4.69) is 52.0 Å². The van der Waals surface area contributed by atoms with Crippen molar-refractivity contribution in [2.45, 2.75) is 25.2 Å². The van der Waals surface area contributed by atoms with E-state index in [0.29, 0.717) is 0 Å². The third-order valence-corrected chi connectivity index (χ3v) is 4.21. The van der Waals surface area contributed by atoms with Crippen molar-refractivity contribution in [3.8, 4) is 0 Å². The van der Waals surface area contributed by atoms with Crippen LogP contribution >= 0.6 is 0 Å². The van der Waals surface area contributed by atoms with Crippen LogP contribution in [0.1, 0.15) is 29.8 Å². The topological polar surface area (TPSA) is 56.2 Å². The lowest BCUT2D eigenvalue weighted by molar-refractivity contribution is 0.740. The first-order valence-electron chi connectivity index (χ1n) is 6.87. The van der Waals surface area contributed by atoms with E-state index in [1.54, 1.807) is 0 Å². The van der Waals surface area contributed by atoms with Crippen LogP contribution in [0.15, 0.2) is 42.6 Å². The summed E-state index contributed by atoms with van der Waals surface area (Å²) in [4.78, 5) is 0. The van der Waals surface area contributed by atoms with Crippen molar-refractivity contribution in [3.63, 3.8) is 0 Å². The molecule has 0 amide bonds. The average Bonchev–Trinajstić information content (AvgIpc) is 3.14. The molecule has 0 unspecified atom stereocenters. The zero-order chi connectivity index (χ0) is 13.7. The second kappa shape index (κ2) is 3.82. The smallest absolute Gasteiger partial charge is 0.161 e. The van der Waals surface area contributed by atoms with E-state index in [1.807, 2.05) is 12.1 Å². The van der Waals surface area contributed by atoms with Gasteiger partial charge in [-0.2, -0.15) is 0 Å². The van der Waals surface area contributed by atoms with Crippen molar-refractivity contribution >= 4 is 11.3 Å². The van der Waals surface area contributed by atoms with Crippen molar-refractivity contribution < 1.29 is 0 Å². The molecule has 4 rings (SSSR count). The molecule has 2 heterocycles. The van der Waals surface area contributed by atoms with Gasteiger partial charge in [-0.25, -0.2) is 0 Å². The summed E-state index contributed by atoms with van der Waals surface area (Å²) in [7, 11) is 0. The standard InChI is InChI=1S/C16H16N4/c1-11-6-9-20-14(10-11)18-19-15(20)16(7-8-16)12-2-4-13(17)5-3-12/h2-6,9-10H,7-8,17H2,1H3. The van der Waals surface area contributed by atoms with E-state index in [0.717, 1.165) is 30.0 Å². The number of nitrogen functional groups attached to an aromatic ring is 1. The number of aromatic nitrogens is 3. The number of hydrogen-bond acceptors (Lipinski definition) is 3.